The van der Waals surface area contributed by atoms with E-state index in [-0.39, 0.29) is 0 Å². The van der Waals surface area contributed by atoms with Gasteiger partial charge >= 0.3 is 0 Å². The molecule has 5 nitrogen and oxygen atoms in total. The Morgan fingerprint density at radius 1 is 1.54 bits per heavy atom. The number of aromatic nitrogens is 2. The van der Waals surface area contributed by atoms with Crippen molar-refractivity contribution in [3.8, 4) is 0 Å². The molecule has 0 atom stereocenters. The van der Waals surface area contributed by atoms with Crippen LogP contribution in [0.5, 0.6) is 0 Å². The average molecular weight is 178 g/mol. The minimum absolute atomic E-state index is 0.471. The summed E-state index contributed by atoms with van der Waals surface area (Å²) in [5.41, 5.74) is 6.62. The molecular weight excluding hydrogens is 168 g/mol. The van der Waals surface area contributed by atoms with Crippen molar-refractivity contribution in [2.45, 2.75) is 0 Å². The number of fused-ring (bicyclic) bond motifs is 1. The van der Waals surface area contributed by atoms with Gasteiger partial charge in [0.2, 0.25) is 5.71 Å². The number of anilines is 1. The first-order valence-electron chi connectivity index (χ1n) is 4.05. The first kappa shape index (κ1) is 8.00. The zero-order valence-electron chi connectivity index (χ0n) is 7.03. The largest absolute Gasteiger partial charge is 0.404 e. The van der Waals surface area contributed by atoms with Crippen LogP contribution < -0.4 is 11.1 Å². The van der Waals surface area contributed by atoms with Crippen LogP contribution >= 0.6 is 0 Å². The molecule has 2 heterocycles. The van der Waals surface area contributed by atoms with Crippen molar-refractivity contribution in [3.63, 3.8) is 0 Å². The first-order chi connectivity index (χ1) is 6.40. The van der Waals surface area contributed by atoms with Crippen LogP contribution in [0, 0.1) is 0 Å². The number of hydrogen-bond donors (Lipinski definition) is 2. The van der Waals surface area contributed by atoms with E-state index in [4.69, 9.17) is 10.2 Å². The maximum absolute atomic E-state index is 5.32. The average Bonchev–Trinajstić information content (AvgIpc) is 2.57. The molecule has 3 N–H and O–H groups in total. The Kier molecular flexibility index (Phi) is 2.09. The molecule has 0 aliphatic rings. The summed E-state index contributed by atoms with van der Waals surface area (Å²) in [4.78, 5) is 8.16. The lowest BCUT2D eigenvalue weighted by Gasteiger charge is -1.94. The van der Waals surface area contributed by atoms with Gasteiger partial charge in [0.1, 0.15) is 5.52 Å². The summed E-state index contributed by atoms with van der Waals surface area (Å²) in [6, 6.07) is 4.14. The predicted octanol–water partition coefficient (Wildman–Crippen LogP) is 0.593. The molecule has 2 aromatic rings. The van der Waals surface area contributed by atoms with Crippen molar-refractivity contribution < 1.29 is 4.42 Å². The summed E-state index contributed by atoms with van der Waals surface area (Å²) < 4.78 is 5.28. The van der Waals surface area contributed by atoms with E-state index in [1.807, 2.05) is 12.1 Å². The second-order valence-corrected chi connectivity index (χ2v) is 2.56. The number of nitrogens with one attached hydrogen (secondary N) is 1. The lowest BCUT2D eigenvalue weighted by molar-refractivity contribution is 0.603. The molecule has 0 aromatic carbocycles. The predicted molar refractivity (Wildman–Crippen MR) is 49.3 cm³/mol. The van der Waals surface area contributed by atoms with Crippen molar-refractivity contribution in [2.24, 2.45) is 5.73 Å². The number of nitrogens with zero attached hydrogens (tertiary/aromatic N) is 2. The van der Waals surface area contributed by atoms with Crippen LogP contribution in [0.3, 0.4) is 0 Å². The topological polar surface area (TPSA) is 77.0 Å². The van der Waals surface area contributed by atoms with Gasteiger partial charge in [0, 0.05) is 19.3 Å². The summed E-state index contributed by atoms with van der Waals surface area (Å²) in [6.07, 6.45) is 1.67. The SMILES string of the molecule is NCCNc1nc2cccnc2o1. The molecule has 0 saturated carbocycles. The van der Waals surface area contributed by atoms with Gasteiger partial charge in [-0.1, -0.05) is 0 Å². The highest BCUT2D eigenvalue weighted by atomic mass is 16.4. The second-order valence-electron chi connectivity index (χ2n) is 2.56. The molecule has 0 fully saturated rings. The maximum atomic E-state index is 5.32. The van der Waals surface area contributed by atoms with Gasteiger partial charge in [-0.25, -0.2) is 4.98 Å². The van der Waals surface area contributed by atoms with Crippen LogP contribution in [0.4, 0.5) is 6.01 Å². The molecule has 0 aliphatic carbocycles. The molecule has 2 rings (SSSR count). The van der Waals surface area contributed by atoms with Crippen LogP contribution in [0.25, 0.3) is 11.2 Å². The lowest BCUT2D eigenvalue weighted by Crippen LogP contribution is -2.13. The highest BCUT2D eigenvalue weighted by Crippen LogP contribution is 2.14. The summed E-state index contributed by atoms with van der Waals surface area (Å²) in [7, 11) is 0. The van der Waals surface area contributed by atoms with Gasteiger partial charge < -0.3 is 15.5 Å². The van der Waals surface area contributed by atoms with Gasteiger partial charge in [0.25, 0.3) is 6.01 Å². The quantitative estimate of drug-likeness (QED) is 0.719. The molecule has 0 amide bonds. The van der Waals surface area contributed by atoms with E-state index < -0.39 is 0 Å². The molecule has 0 saturated heterocycles. The normalized spacial score (nSPS) is 10.5. The van der Waals surface area contributed by atoms with Gasteiger partial charge in [-0.3, -0.25) is 0 Å². The van der Waals surface area contributed by atoms with Gasteiger partial charge in [-0.2, -0.15) is 4.98 Å². The van der Waals surface area contributed by atoms with Gasteiger partial charge in [0.05, 0.1) is 0 Å². The first-order valence-corrected chi connectivity index (χ1v) is 4.05. The molecule has 0 bridgehead atoms. The number of rotatable bonds is 3. The van der Waals surface area contributed by atoms with Crippen molar-refractivity contribution in [2.75, 3.05) is 18.4 Å². The zero-order valence-corrected chi connectivity index (χ0v) is 7.03. The van der Waals surface area contributed by atoms with Gasteiger partial charge in [-0.15, -0.1) is 0 Å². The zero-order chi connectivity index (χ0) is 9.10. The molecule has 2 aromatic heterocycles. The molecule has 0 aliphatic heterocycles. The molecule has 0 spiro atoms. The minimum atomic E-state index is 0.471. The Bertz CT molecular complexity index is 365. The van der Waals surface area contributed by atoms with E-state index in [2.05, 4.69) is 15.3 Å². The van der Waals surface area contributed by atoms with Gasteiger partial charge in [-0.05, 0) is 12.1 Å². The van der Waals surface area contributed by atoms with E-state index in [0.29, 0.717) is 24.8 Å². The summed E-state index contributed by atoms with van der Waals surface area (Å²) in [6.45, 7) is 1.19. The second kappa shape index (κ2) is 3.40. The van der Waals surface area contributed by atoms with Crippen molar-refractivity contribution in [1.82, 2.24) is 9.97 Å². The van der Waals surface area contributed by atoms with Crippen LogP contribution in [-0.4, -0.2) is 23.1 Å². The fraction of sp³-hybridized carbons (Fsp3) is 0.250. The Hall–Kier alpha value is -1.62. The maximum Gasteiger partial charge on any atom is 0.297 e. The third-order valence-electron chi connectivity index (χ3n) is 1.59. The van der Waals surface area contributed by atoms with Crippen LogP contribution in [0.15, 0.2) is 22.7 Å². The van der Waals surface area contributed by atoms with Crippen LogP contribution in [-0.2, 0) is 0 Å². The highest BCUT2D eigenvalue weighted by Gasteiger charge is 2.03. The Morgan fingerprint density at radius 3 is 3.23 bits per heavy atom. The summed E-state index contributed by atoms with van der Waals surface area (Å²) in [5, 5.41) is 2.94. The molecular formula is C8H10N4O. The summed E-state index contributed by atoms with van der Waals surface area (Å²) >= 11 is 0. The monoisotopic (exact) mass is 178 g/mol. The van der Waals surface area contributed by atoms with E-state index in [9.17, 15) is 0 Å². The Morgan fingerprint density at radius 2 is 2.46 bits per heavy atom. The number of hydrogen-bond acceptors (Lipinski definition) is 5. The van der Waals surface area contributed by atoms with Crippen molar-refractivity contribution in [1.29, 1.82) is 0 Å². The van der Waals surface area contributed by atoms with Crippen molar-refractivity contribution >= 4 is 17.2 Å². The molecule has 68 valence electrons. The Balaban J connectivity index is 2.28. The van der Waals surface area contributed by atoms with Gasteiger partial charge in [0.15, 0.2) is 0 Å². The van der Waals surface area contributed by atoms with E-state index in [0.717, 1.165) is 5.52 Å². The molecule has 0 unspecified atom stereocenters. The fourth-order valence-corrected chi connectivity index (χ4v) is 1.02. The fourth-order valence-electron chi connectivity index (χ4n) is 1.02. The third-order valence-corrected chi connectivity index (χ3v) is 1.59. The van der Waals surface area contributed by atoms with E-state index in [1.165, 1.54) is 0 Å². The van der Waals surface area contributed by atoms with Crippen molar-refractivity contribution in [3.05, 3.63) is 18.3 Å². The number of pyridine rings is 1. The lowest BCUT2D eigenvalue weighted by atomic mass is 10.5. The van der Waals surface area contributed by atoms with Crippen LogP contribution in [0.2, 0.25) is 0 Å². The summed E-state index contributed by atoms with van der Waals surface area (Å²) in [5.74, 6) is 0. The number of oxazole rings is 1. The standard InChI is InChI=1S/C8H10N4O/c9-3-5-11-8-12-6-2-1-4-10-7(6)13-8/h1-2,4H,3,5,9H2,(H,11,12). The molecule has 0 radical (unpaired) electrons. The molecule has 13 heavy (non-hydrogen) atoms. The minimum Gasteiger partial charge on any atom is -0.404 e. The molecule has 5 heteroatoms. The van der Waals surface area contributed by atoms with E-state index in [1.54, 1.807) is 6.20 Å². The van der Waals surface area contributed by atoms with E-state index >= 15 is 0 Å². The Labute approximate surface area is 75.0 Å². The number of nitrogens with two attached hydrogens (primary N) is 1. The third kappa shape index (κ3) is 1.59. The van der Waals surface area contributed by atoms with Crippen LogP contribution in [0.1, 0.15) is 0 Å². The smallest absolute Gasteiger partial charge is 0.297 e. The highest BCUT2D eigenvalue weighted by molar-refractivity contribution is 5.69.